The minimum atomic E-state index is 0.0359. The molecule has 5 nitrogen and oxygen atoms in total. The van der Waals surface area contributed by atoms with Gasteiger partial charge < -0.3 is 15.0 Å². The number of phenolic OH excluding ortho intramolecular Hbond substituents is 1. The molecule has 1 aromatic carbocycles. The first-order chi connectivity index (χ1) is 10.6. The molecule has 0 spiro atoms. The Morgan fingerprint density at radius 3 is 3.09 bits per heavy atom. The van der Waals surface area contributed by atoms with Gasteiger partial charge in [0.2, 0.25) is 5.91 Å². The third-order valence-corrected chi connectivity index (χ3v) is 4.35. The fourth-order valence-electron chi connectivity index (χ4n) is 2.87. The molecule has 0 radical (unpaired) electrons. The monoisotopic (exact) mass is 319 g/mol. The normalized spacial score (nSPS) is 18.4. The number of phenols is 1. The Hall–Kier alpha value is -2.01. The van der Waals surface area contributed by atoms with E-state index in [2.05, 4.69) is 9.97 Å². The van der Waals surface area contributed by atoms with Crippen LogP contribution in [0.15, 0.2) is 30.6 Å². The van der Waals surface area contributed by atoms with E-state index in [0.717, 1.165) is 30.8 Å². The van der Waals surface area contributed by atoms with Gasteiger partial charge in [-0.25, -0.2) is 4.98 Å². The first kappa shape index (κ1) is 14.9. The number of imidazole rings is 1. The number of H-pyrrole nitrogens is 1. The van der Waals surface area contributed by atoms with Crippen LogP contribution >= 0.6 is 11.6 Å². The zero-order valence-electron chi connectivity index (χ0n) is 12.1. The highest BCUT2D eigenvalue weighted by Crippen LogP contribution is 2.26. The van der Waals surface area contributed by atoms with Gasteiger partial charge in [0.1, 0.15) is 11.6 Å². The van der Waals surface area contributed by atoms with Gasteiger partial charge in [0.15, 0.2) is 0 Å². The van der Waals surface area contributed by atoms with Crippen LogP contribution in [-0.4, -0.2) is 39.0 Å². The van der Waals surface area contributed by atoms with Crippen LogP contribution in [0.1, 0.15) is 30.1 Å². The summed E-state index contributed by atoms with van der Waals surface area (Å²) < 4.78 is 0. The van der Waals surface area contributed by atoms with Crippen LogP contribution in [0.2, 0.25) is 5.02 Å². The maximum atomic E-state index is 12.5. The summed E-state index contributed by atoms with van der Waals surface area (Å²) in [7, 11) is 0. The van der Waals surface area contributed by atoms with E-state index in [1.807, 2.05) is 11.1 Å². The second kappa shape index (κ2) is 6.40. The Morgan fingerprint density at radius 1 is 1.50 bits per heavy atom. The van der Waals surface area contributed by atoms with E-state index in [1.54, 1.807) is 18.3 Å². The molecular formula is C16H18ClN3O2. The summed E-state index contributed by atoms with van der Waals surface area (Å²) in [6, 6.07) is 4.89. The van der Waals surface area contributed by atoms with Gasteiger partial charge in [0.25, 0.3) is 0 Å². The quantitative estimate of drug-likeness (QED) is 0.914. The maximum absolute atomic E-state index is 12.5. The number of piperidine rings is 1. The second-order valence-corrected chi connectivity index (χ2v) is 6.02. The topological polar surface area (TPSA) is 69.2 Å². The van der Waals surface area contributed by atoms with Crippen LogP contribution in [0, 0.1) is 0 Å². The highest BCUT2D eigenvalue weighted by atomic mass is 35.5. The molecule has 0 aliphatic carbocycles. The minimum Gasteiger partial charge on any atom is -0.506 e. The first-order valence-electron chi connectivity index (χ1n) is 7.38. The molecule has 2 heterocycles. The predicted octanol–water partition coefficient (Wildman–Crippen LogP) is 2.72. The average Bonchev–Trinajstić information content (AvgIpc) is 3.05. The standard InChI is InChI=1S/C16H18ClN3O2/c17-13-8-11(3-4-14(13)21)9-15(22)20-7-1-2-12(10-20)16-18-5-6-19-16/h3-6,8,12,21H,1-2,7,9-10H2,(H,18,19). The van der Waals surface area contributed by atoms with Crippen molar-refractivity contribution in [3.8, 4) is 5.75 Å². The molecule has 1 atom stereocenters. The van der Waals surface area contributed by atoms with E-state index in [9.17, 15) is 9.90 Å². The Kier molecular flexibility index (Phi) is 4.34. The predicted molar refractivity (Wildman–Crippen MR) is 84.0 cm³/mol. The molecular weight excluding hydrogens is 302 g/mol. The SMILES string of the molecule is O=C(Cc1ccc(O)c(Cl)c1)N1CCCC(c2ncc[nH]2)C1. The molecule has 6 heteroatoms. The molecule has 1 saturated heterocycles. The lowest BCUT2D eigenvalue weighted by atomic mass is 9.97. The molecule has 22 heavy (non-hydrogen) atoms. The number of carbonyl (C=O) groups excluding carboxylic acids is 1. The fourth-order valence-corrected chi connectivity index (χ4v) is 3.08. The molecule has 1 amide bonds. The number of aromatic hydroxyl groups is 1. The summed E-state index contributed by atoms with van der Waals surface area (Å²) in [4.78, 5) is 21.8. The van der Waals surface area contributed by atoms with Crippen LogP contribution < -0.4 is 0 Å². The van der Waals surface area contributed by atoms with Crippen molar-refractivity contribution in [2.45, 2.75) is 25.2 Å². The molecule has 3 rings (SSSR count). The van der Waals surface area contributed by atoms with Gasteiger partial charge in [-0.3, -0.25) is 4.79 Å². The molecule has 1 aliphatic rings. The summed E-state index contributed by atoms with van der Waals surface area (Å²) in [6.45, 7) is 1.47. The van der Waals surface area contributed by atoms with Gasteiger partial charge >= 0.3 is 0 Å². The summed E-state index contributed by atoms with van der Waals surface area (Å²) in [5, 5.41) is 9.70. The Morgan fingerprint density at radius 2 is 2.36 bits per heavy atom. The van der Waals surface area contributed by atoms with Gasteiger partial charge in [-0.05, 0) is 30.5 Å². The Bertz CT molecular complexity index is 657. The van der Waals surface area contributed by atoms with Crippen LogP contribution in [0.25, 0.3) is 0 Å². The number of aromatic amines is 1. The minimum absolute atomic E-state index is 0.0359. The highest BCUT2D eigenvalue weighted by Gasteiger charge is 2.26. The number of benzene rings is 1. The smallest absolute Gasteiger partial charge is 0.227 e. The van der Waals surface area contributed by atoms with Crippen LogP contribution in [-0.2, 0) is 11.2 Å². The van der Waals surface area contributed by atoms with Crippen molar-refractivity contribution in [3.63, 3.8) is 0 Å². The number of hydrogen-bond donors (Lipinski definition) is 2. The van der Waals surface area contributed by atoms with E-state index in [-0.39, 0.29) is 22.6 Å². The Balaban J connectivity index is 1.65. The van der Waals surface area contributed by atoms with Crippen molar-refractivity contribution in [2.24, 2.45) is 0 Å². The molecule has 2 aromatic rings. The second-order valence-electron chi connectivity index (χ2n) is 5.62. The summed E-state index contributed by atoms with van der Waals surface area (Å²) >= 11 is 5.89. The third kappa shape index (κ3) is 3.25. The Labute approximate surface area is 133 Å². The number of hydrogen-bond acceptors (Lipinski definition) is 3. The number of likely N-dealkylation sites (tertiary alicyclic amines) is 1. The summed E-state index contributed by atoms with van der Waals surface area (Å²) in [5.74, 6) is 1.34. The largest absolute Gasteiger partial charge is 0.506 e. The molecule has 1 unspecified atom stereocenters. The third-order valence-electron chi connectivity index (χ3n) is 4.05. The first-order valence-corrected chi connectivity index (χ1v) is 7.75. The van der Waals surface area contributed by atoms with E-state index in [4.69, 9.17) is 11.6 Å². The molecule has 2 N–H and O–H groups in total. The van der Waals surface area contributed by atoms with Crippen molar-refractivity contribution in [1.29, 1.82) is 0 Å². The van der Waals surface area contributed by atoms with Crippen molar-refractivity contribution in [1.82, 2.24) is 14.9 Å². The molecule has 1 aromatic heterocycles. The summed E-state index contributed by atoms with van der Waals surface area (Å²) in [6.07, 6.45) is 5.88. The van der Waals surface area contributed by atoms with E-state index in [0.29, 0.717) is 13.0 Å². The van der Waals surface area contributed by atoms with Gasteiger partial charge in [0, 0.05) is 31.4 Å². The molecule has 0 bridgehead atoms. The fraction of sp³-hybridized carbons (Fsp3) is 0.375. The number of nitrogens with zero attached hydrogens (tertiary/aromatic N) is 2. The van der Waals surface area contributed by atoms with Gasteiger partial charge in [-0.1, -0.05) is 17.7 Å². The number of aromatic nitrogens is 2. The van der Waals surface area contributed by atoms with Crippen molar-refractivity contribution in [3.05, 3.63) is 47.0 Å². The van der Waals surface area contributed by atoms with Gasteiger partial charge in [-0.15, -0.1) is 0 Å². The van der Waals surface area contributed by atoms with E-state index >= 15 is 0 Å². The van der Waals surface area contributed by atoms with Crippen LogP contribution in [0.3, 0.4) is 0 Å². The lowest BCUT2D eigenvalue weighted by Crippen LogP contribution is -2.40. The number of halogens is 1. The number of nitrogens with one attached hydrogen (secondary N) is 1. The lowest BCUT2D eigenvalue weighted by molar-refractivity contribution is -0.131. The molecule has 116 valence electrons. The van der Waals surface area contributed by atoms with Gasteiger partial charge in [0.05, 0.1) is 11.4 Å². The van der Waals surface area contributed by atoms with Crippen LogP contribution in [0.5, 0.6) is 5.75 Å². The van der Waals surface area contributed by atoms with Crippen molar-refractivity contribution >= 4 is 17.5 Å². The van der Waals surface area contributed by atoms with E-state index < -0.39 is 0 Å². The van der Waals surface area contributed by atoms with Crippen molar-refractivity contribution < 1.29 is 9.90 Å². The maximum Gasteiger partial charge on any atom is 0.227 e. The van der Waals surface area contributed by atoms with E-state index in [1.165, 1.54) is 6.07 Å². The van der Waals surface area contributed by atoms with Gasteiger partial charge in [-0.2, -0.15) is 0 Å². The highest BCUT2D eigenvalue weighted by molar-refractivity contribution is 6.32. The number of rotatable bonds is 3. The molecule has 0 saturated carbocycles. The zero-order valence-corrected chi connectivity index (χ0v) is 12.9. The number of amides is 1. The summed E-state index contributed by atoms with van der Waals surface area (Å²) in [5.41, 5.74) is 0.813. The molecule has 1 fully saturated rings. The van der Waals surface area contributed by atoms with Crippen LogP contribution in [0.4, 0.5) is 0 Å². The average molecular weight is 320 g/mol. The zero-order chi connectivity index (χ0) is 15.5. The number of carbonyl (C=O) groups is 1. The lowest BCUT2D eigenvalue weighted by Gasteiger charge is -2.32. The molecule has 1 aliphatic heterocycles. The van der Waals surface area contributed by atoms with Crippen molar-refractivity contribution in [2.75, 3.05) is 13.1 Å².